The van der Waals surface area contributed by atoms with Crippen LogP contribution in [0.25, 0.3) is 0 Å². The molecule has 0 amide bonds. The first kappa shape index (κ1) is 19.4. The van der Waals surface area contributed by atoms with Crippen LogP contribution in [0.15, 0.2) is 48.5 Å². The number of halogens is 1. The third kappa shape index (κ3) is 4.39. The van der Waals surface area contributed by atoms with Crippen molar-refractivity contribution in [2.24, 2.45) is 0 Å². The van der Waals surface area contributed by atoms with Gasteiger partial charge in [-0.2, -0.15) is 0 Å². The lowest BCUT2D eigenvalue weighted by atomic mass is 9.78. The SMILES string of the molecule is CC1(C)CN(CCCN2CCN(c3ccc(F)cc3)CC2)Cc2ccccc21. The molecule has 0 bridgehead atoms. The molecule has 150 valence electrons. The normalized spacial score (nSPS) is 20.2. The Morgan fingerprint density at radius 2 is 1.54 bits per heavy atom. The number of anilines is 1. The zero-order chi connectivity index (χ0) is 19.6. The Morgan fingerprint density at radius 1 is 0.857 bits per heavy atom. The van der Waals surface area contributed by atoms with Crippen molar-refractivity contribution in [2.75, 3.05) is 50.7 Å². The molecule has 2 aromatic rings. The molecule has 0 aliphatic carbocycles. The highest BCUT2D eigenvalue weighted by atomic mass is 19.1. The van der Waals surface area contributed by atoms with Crippen molar-refractivity contribution in [2.45, 2.75) is 32.2 Å². The molecular formula is C24H32FN3. The molecule has 1 saturated heterocycles. The molecule has 2 heterocycles. The van der Waals surface area contributed by atoms with Gasteiger partial charge in [-0.25, -0.2) is 4.39 Å². The molecule has 4 heteroatoms. The monoisotopic (exact) mass is 381 g/mol. The first-order valence-corrected chi connectivity index (χ1v) is 10.5. The molecule has 2 aliphatic rings. The molecule has 3 nitrogen and oxygen atoms in total. The third-order valence-corrected chi connectivity index (χ3v) is 6.27. The Balaban J connectivity index is 1.23. The van der Waals surface area contributed by atoms with Gasteiger partial charge in [0.25, 0.3) is 0 Å². The molecule has 2 aromatic carbocycles. The van der Waals surface area contributed by atoms with Crippen LogP contribution in [0.4, 0.5) is 10.1 Å². The molecule has 0 aromatic heterocycles. The highest BCUT2D eigenvalue weighted by molar-refractivity contribution is 5.46. The first-order valence-electron chi connectivity index (χ1n) is 10.5. The minimum absolute atomic E-state index is 0.161. The summed E-state index contributed by atoms with van der Waals surface area (Å²) in [6, 6.07) is 15.8. The van der Waals surface area contributed by atoms with Crippen molar-refractivity contribution < 1.29 is 4.39 Å². The zero-order valence-corrected chi connectivity index (χ0v) is 17.2. The van der Waals surface area contributed by atoms with Crippen LogP contribution in [0, 0.1) is 5.82 Å². The second-order valence-electron chi connectivity index (χ2n) is 8.91. The predicted molar refractivity (Wildman–Crippen MR) is 114 cm³/mol. The number of piperazine rings is 1. The van der Waals surface area contributed by atoms with Crippen LogP contribution in [-0.4, -0.2) is 55.6 Å². The van der Waals surface area contributed by atoms with Crippen LogP contribution < -0.4 is 4.90 Å². The van der Waals surface area contributed by atoms with E-state index in [0.717, 1.165) is 58.0 Å². The predicted octanol–water partition coefficient (Wildman–Crippen LogP) is 4.13. The molecule has 28 heavy (non-hydrogen) atoms. The summed E-state index contributed by atoms with van der Waals surface area (Å²) < 4.78 is 13.1. The molecule has 4 rings (SSSR count). The van der Waals surface area contributed by atoms with E-state index in [2.05, 4.69) is 52.8 Å². The molecule has 0 atom stereocenters. The zero-order valence-electron chi connectivity index (χ0n) is 17.2. The number of fused-ring (bicyclic) bond motifs is 1. The number of rotatable bonds is 5. The van der Waals surface area contributed by atoms with Gasteiger partial charge in [-0.3, -0.25) is 9.80 Å². The molecule has 1 fully saturated rings. The summed E-state index contributed by atoms with van der Waals surface area (Å²) in [6.45, 7) is 13.5. The summed E-state index contributed by atoms with van der Waals surface area (Å²) >= 11 is 0. The number of benzene rings is 2. The highest BCUT2D eigenvalue weighted by Gasteiger charge is 2.31. The van der Waals surface area contributed by atoms with E-state index in [4.69, 9.17) is 0 Å². The van der Waals surface area contributed by atoms with Crippen LogP contribution in [0.1, 0.15) is 31.4 Å². The van der Waals surface area contributed by atoms with E-state index in [-0.39, 0.29) is 11.2 Å². The Labute approximate surface area is 168 Å². The minimum atomic E-state index is -0.161. The molecule has 2 aliphatic heterocycles. The number of nitrogens with zero attached hydrogens (tertiary/aromatic N) is 3. The van der Waals surface area contributed by atoms with E-state index in [1.807, 2.05) is 12.1 Å². The van der Waals surface area contributed by atoms with Crippen LogP contribution in [0.5, 0.6) is 0 Å². The summed E-state index contributed by atoms with van der Waals surface area (Å²) in [6.07, 6.45) is 1.22. The third-order valence-electron chi connectivity index (χ3n) is 6.27. The maximum absolute atomic E-state index is 13.1. The average molecular weight is 382 g/mol. The van der Waals surface area contributed by atoms with Crippen LogP contribution in [0.2, 0.25) is 0 Å². The first-order chi connectivity index (χ1) is 13.5. The Hall–Kier alpha value is -1.91. The van der Waals surface area contributed by atoms with Gasteiger partial charge in [-0.1, -0.05) is 38.1 Å². The maximum Gasteiger partial charge on any atom is 0.123 e. The van der Waals surface area contributed by atoms with Crippen molar-refractivity contribution in [1.82, 2.24) is 9.80 Å². The Morgan fingerprint density at radius 3 is 2.29 bits per heavy atom. The lowest BCUT2D eigenvalue weighted by Gasteiger charge is -2.40. The largest absolute Gasteiger partial charge is 0.369 e. The van der Waals surface area contributed by atoms with E-state index in [9.17, 15) is 4.39 Å². The van der Waals surface area contributed by atoms with Crippen molar-refractivity contribution in [3.8, 4) is 0 Å². The van der Waals surface area contributed by atoms with E-state index < -0.39 is 0 Å². The number of hydrogen-bond donors (Lipinski definition) is 0. The van der Waals surface area contributed by atoms with Gasteiger partial charge in [0.05, 0.1) is 0 Å². The van der Waals surface area contributed by atoms with Crippen LogP contribution in [0.3, 0.4) is 0 Å². The van der Waals surface area contributed by atoms with Crippen LogP contribution in [-0.2, 0) is 12.0 Å². The van der Waals surface area contributed by atoms with Gasteiger partial charge in [0.1, 0.15) is 5.82 Å². The molecule has 0 unspecified atom stereocenters. The maximum atomic E-state index is 13.1. The average Bonchev–Trinajstić information content (AvgIpc) is 2.69. The second-order valence-corrected chi connectivity index (χ2v) is 8.91. The Bertz CT molecular complexity index is 779. The van der Waals surface area contributed by atoms with E-state index in [0.29, 0.717) is 0 Å². The van der Waals surface area contributed by atoms with Gasteiger partial charge in [0, 0.05) is 50.4 Å². The van der Waals surface area contributed by atoms with E-state index >= 15 is 0 Å². The molecule has 0 N–H and O–H groups in total. The van der Waals surface area contributed by atoms with Crippen molar-refractivity contribution >= 4 is 5.69 Å². The summed E-state index contributed by atoms with van der Waals surface area (Å²) in [4.78, 5) is 7.56. The highest BCUT2D eigenvalue weighted by Crippen LogP contribution is 2.33. The second kappa shape index (κ2) is 8.22. The summed E-state index contributed by atoms with van der Waals surface area (Å²) in [5.41, 5.74) is 4.38. The lowest BCUT2D eigenvalue weighted by Crippen LogP contribution is -2.47. The van der Waals surface area contributed by atoms with Crippen molar-refractivity contribution in [3.63, 3.8) is 0 Å². The van der Waals surface area contributed by atoms with E-state index in [1.54, 1.807) is 12.1 Å². The number of hydrogen-bond acceptors (Lipinski definition) is 3. The van der Waals surface area contributed by atoms with Gasteiger partial charge in [0.2, 0.25) is 0 Å². The van der Waals surface area contributed by atoms with Gasteiger partial charge in [0.15, 0.2) is 0 Å². The van der Waals surface area contributed by atoms with Gasteiger partial charge >= 0.3 is 0 Å². The van der Waals surface area contributed by atoms with Gasteiger partial charge in [-0.05, 0) is 54.9 Å². The van der Waals surface area contributed by atoms with Gasteiger partial charge < -0.3 is 4.90 Å². The fourth-order valence-corrected chi connectivity index (χ4v) is 4.82. The fraction of sp³-hybridized carbons (Fsp3) is 0.500. The minimum Gasteiger partial charge on any atom is -0.369 e. The summed E-state index contributed by atoms with van der Waals surface area (Å²) in [7, 11) is 0. The van der Waals surface area contributed by atoms with E-state index in [1.165, 1.54) is 17.5 Å². The van der Waals surface area contributed by atoms with Gasteiger partial charge in [-0.15, -0.1) is 0 Å². The molecule has 0 saturated carbocycles. The molecular weight excluding hydrogens is 349 g/mol. The quantitative estimate of drug-likeness (QED) is 0.771. The summed E-state index contributed by atoms with van der Waals surface area (Å²) in [5, 5.41) is 0. The topological polar surface area (TPSA) is 9.72 Å². The van der Waals surface area contributed by atoms with Crippen LogP contribution >= 0.6 is 0 Å². The standard InChI is InChI=1S/C24H32FN3/c1-24(2)19-27(18-20-6-3-4-7-23(20)24)13-5-12-26-14-16-28(17-15-26)22-10-8-21(25)9-11-22/h3-4,6-11H,5,12-19H2,1-2H3. The molecule has 0 radical (unpaired) electrons. The van der Waals surface area contributed by atoms with Crippen molar-refractivity contribution in [1.29, 1.82) is 0 Å². The smallest absolute Gasteiger partial charge is 0.123 e. The lowest BCUT2D eigenvalue weighted by molar-refractivity contribution is 0.175. The fourth-order valence-electron chi connectivity index (χ4n) is 4.82. The molecule has 0 spiro atoms. The van der Waals surface area contributed by atoms with Crippen molar-refractivity contribution in [3.05, 3.63) is 65.5 Å². The Kier molecular flexibility index (Phi) is 5.70. The summed E-state index contributed by atoms with van der Waals surface area (Å²) in [5.74, 6) is -0.161.